The smallest absolute Gasteiger partial charge is 0.284 e. The number of amides is 1. The van der Waals surface area contributed by atoms with Crippen LogP contribution in [0.3, 0.4) is 0 Å². The third kappa shape index (κ3) is 1.30. The third-order valence-electron chi connectivity index (χ3n) is 2.99. The van der Waals surface area contributed by atoms with Gasteiger partial charge in [-0.2, -0.15) is 0 Å². The summed E-state index contributed by atoms with van der Waals surface area (Å²) < 4.78 is 0. The number of carbonyl (C=O) groups excluding carboxylic acids is 1. The first kappa shape index (κ1) is 9.84. The van der Waals surface area contributed by atoms with Gasteiger partial charge in [0.2, 0.25) is 0 Å². The Morgan fingerprint density at radius 2 is 1.94 bits per heavy atom. The van der Waals surface area contributed by atoms with Crippen molar-refractivity contribution in [1.29, 1.82) is 0 Å². The molecule has 84 valence electrons. The molecule has 0 unspecified atom stereocenters. The van der Waals surface area contributed by atoms with E-state index in [1.54, 1.807) is 11.9 Å². The topological polar surface area (TPSA) is 58.7 Å². The largest absolute Gasteiger partial charge is 0.363 e. The Balaban J connectivity index is 2.40. The SMILES string of the molecule is CN1C(C(N)=O)=Nc2cccc3cccc1c23. The molecular weight excluding hydrogens is 214 g/mol. The normalized spacial score (nSPS) is 13.7. The van der Waals surface area contributed by atoms with Crippen molar-refractivity contribution < 1.29 is 4.79 Å². The maximum Gasteiger partial charge on any atom is 0.284 e. The molecule has 17 heavy (non-hydrogen) atoms. The number of rotatable bonds is 1. The number of anilines is 1. The molecule has 0 radical (unpaired) electrons. The number of nitrogens with two attached hydrogens (primary N) is 1. The lowest BCUT2D eigenvalue weighted by Gasteiger charge is -2.25. The summed E-state index contributed by atoms with van der Waals surface area (Å²) in [6.07, 6.45) is 0. The minimum absolute atomic E-state index is 0.274. The standard InChI is InChI=1S/C13H11N3O/c1-16-10-7-3-5-8-4-2-6-9(11(8)10)15-13(16)12(14)17/h2-7H,1H3,(H2,14,17). The molecule has 1 aliphatic rings. The Morgan fingerprint density at radius 3 is 2.65 bits per heavy atom. The van der Waals surface area contributed by atoms with Gasteiger partial charge in [0.05, 0.1) is 11.4 Å². The summed E-state index contributed by atoms with van der Waals surface area (Å²) in [7, 11) is 1.80. The number of benzene rings is 2. The Hall–Kier alpha value is -2.36. The van der Waals surface area contributed by atoms with Crippen LogP contribution in [0.15, 0.2) is 41.4 Å². The molecule has 0 atom stereocenters. The number of primary amides is 1. The zero-order valence-corrected chi connectivity index (χ0v) is 9.34. The lowest BCUT2D eigenvalue weighted by molar-refractivity contribution is -0.112. The highest BCUT2D eigenvalue weighted by atomic mass is 16.1. The summed E-state index contributed by atoms with van der Waals surface area (Å²) in [6, 6.07) is 11.8. The highest BCUT2D eigenvalue weighted by molar-refractivity contribution is 6.44. The summed E-state index contributed by atoms with van der Waals surface area (Å²) in [5, 5.41) is 2.17. The Morgan fingerprint density at radius 1 is 1.24 bits per heavy atom. The van der Waals surface area contributed by atoms with Crippen molar-refractivity contribution >= 4 is 33.9 Å². The minimum Gasteiger partial charge on any atom is -0.363 e. The van der Waals surface area contributed by atoms with E-state index in [4.69, 9.17) is 5.73 Å². The monoisotopic (exact) mass is 225 g/mol. The highest BCUT2D eigenvalue weighted by Gasteiger charge is 2.22. The van der Waals surface area contributed by atoms with E-state index in [1.165, 1.54) is 0 Å². The van der Waals surface area contributed by atoms with Crippen LogP contribution in [0, 0.1) is 0 Å². The fourth-order valence-electron chi connectivity index (χ4n) is 2.20. The van der Waals surface area contributed by atoms with E-state index in [0.717, 1.165) is 22.1 Å². The molecule has 0 aromatic heterocycles. The summed E-state index contributed by atoms with van der Waals surface area (Å²) in [4.78, 5) is 17.4. The fraction of sp³-hybridized carbons (Fsp3) is 0.0769. The van der Waals surface area contributed by atoms with E-state index in [0.29, 0.717) is 0 Å². The molecule has 1 heterocycles. The molecule has 3 rings (SSSR count). The van der Waals surface area contributed by atoms with Crippen LogP contribution < -0.4 is 10.6 Å². The second-order valence-electron chi connectivity index (χ2n) is 4.01. The first-order valence-corrected chi connectivity index (χ1v) is 5.32. The van der Waals surface area contributed by atoms with Crippen LogP contribution in [-0.2, 0) is 4.79 Å². The van der Waals surface area contributed by atoms with E-state index in [9.17, 15) is 4.79 Å². The van der Waals surface area contributed by atoms with Crippen LogP contribution in [-0.4, -0.2) is 18.8 Å². The predicted octanol–water partition coefficient (Wildman–Crippen LogP) is 1.80. The number of hydrogen-bond donors (Lipinski definition) is 1. The van der Waals surface area contributed by atoms with Crippen LogP contribution in [0.1, 0.15) is 0 Å². The predicted molar refractivity (Wildman–Crippen MR) is 68.6 cm³/mol. The summed E-state index contributed by atoms with van der Waals surface area (Å²) >= 11 is 0. The van der Waals surface area contributed by atoms with Gasteiger partial charge in [0.25, 0.3) is 5.91 Å². The molecule has 2 aromatic rings. The lowest BCUT2D eigenvalue weighted by Crippen LogP contribution is -2.39. The summed E-state index contributed by atoms with van der Waals surface area (Å²) in [6.45, 7) is 0. The molecule has 0 fully saturated rings. The minimum atomic E-state index is -0.515. The van der Waals surface area contributed by atoms with E-state index < -0.39 is 5.91 Å². The van der Waals surface area contributed by atoms with Crippen molar-refractivity contribution in [2.24, 2.45) is 10.7 Å². The summed E-state index contributed by atoms with van der Waals surface area (Å²) in [5.74, 6) is -0.241. The van der Waals surface area contributed by atoms with Gasteiger partial charge in [-0.25, -0.2) is 4.99 Å². The van der Waals surface area contributed by atoms with Gasteiger partial charge in [-0.15, -0.1) is 0 Å². The van der Waals surface area contributed by atoms with Gasteiger partial charge in [0, 0.05) is 12.4 Å². The second kappa shape index (κ2) is 3.31. The average molecular weight is 225 g/mol. The first-order valence-electron chi connectivity index (χ1n) is 5.32. The second-order valence-corrected chi connectivity index (χ2v) is 4.01. The Kier molecular flexibility index (Phi) is 1.92. The number of hydrogen-bond acceptors (Lipinski definition) is 3. The molecule has 1 amide bonds. The fourth-order valence-corrected chi connectivity index (χ4v) is 2.20. The highest BCUT2D eigenvalue weighted by Crippen LogP contribution is 2.37. The van der Waals surface area contributed by atoms with Gasteiger partial charge in [0.15, 0.2) is 5.84 Å². The summed E-state index contributed by atoms with van der Waals surface area (Å²) in [5.41, 5.74) is 7.09. The molecule has 0 aliphatic carbocycles. The maximum atomic E-state index is 11.3. The third-order valence-corrected chi connectivity index (χ3v) is 2.99. The molecule has 2 N–H and O–H groups in total. The first-order chi connectivity index (χ1) is 8.18. The Bertz CT molecular complexity index is 656. The van der Waals surface area contributed by atoms with Crippen molar-refractivity contribution in [3.8, 4) is 0 Å². The zero-order chi connectivity index (χ0) is 12.0. The molecule has 1 aliphatic heterocycles. The van der Waals surface area contributed by atoms with Gasteiger partial charge in [-0.05, 0) is 17.5 Å². The maximum absolute atomic E-state index is 11.3. The van der Waals surface area contributed by atoms with Gasteiger partial charge in [-0.1, -0.05) is 24.3 Å². The van der Waals surface area contributed by atoms with Gasteiger partial charge >= 0.3 is 0 Å². The molecule has 0 bridgehead atoms. The van der Waals surface area contributed by atoms with Gasteiger partial charge in [-0.3, -0.25) is 4.79 Å². The molecule has 2 aromatic carbocycles. The molecule has 0 saturated heterocycles. The zero-order valence-electron chi connectivity index (χ0n) is 9.34. The number of nitrogens with zero attached hydrogens (tertiary/aromatic N) is 2. The molecule has 4 heteroatoms. The van der Waals surface area contributed by atoms with Gasteiger partial charge < -0.3 is 10.6 Å². The Labute approximate surface area is 98.4 Å². The molecular formula is C13H11N3O. The van der Waals surface area contributed by atoms with Crippen molar-refractivity contribution in [3.05, 3.63) is 36.4 Å². The van der Waals surface area contributed by atoms with Crippen molar-refractivity contribution in [1.82, 2.24) is 0 Å². The van der Waals surface area contributed by atoms with Crippen LogP contribution >= 0.6 is 0 Å². The van der Waals surface area contributed by atoms with Crippen molar-refractivity contribution in [2.75, 3.05) is 11.9 Å². The average Bonchev–Trinajstić information content (AvgIpc) is 2.33. The lowest BCUT2D eigenvalue weighted by atomic mass is 10.0. The molecule has 0 saturated carbocycles. The van der Waals surface area contributed by atoms with E-state index in [-0.39, 0.29) is 5.84 Å². The number of aliphatic imine (C=N–C) groups is 1. The number of likely N-dealkylation sites (N-methyl/N-ethyl adjacent to an activating group) is 1. The van der Waals surface area contributed by atoms with Crippen LogP contribution in [0.5, 0.6) is 0 Å². The number of carbonyl (C=O) groups is 1. The van der Waals surface area contributed by atoms with E-state index >= 15 is 0 Å². The molecule has 4 nitrogen and oxygen atoms in total. The van der Waals surface area contributed by atoms with Crippen LogP contribution in [0.2, 0.25) is 0 Å². The van der Waals surface area contributed by atoms with Gasteiger partial charge in [0.1, 0.15) is 0 Å². The number of amidine groups is 1. The van der Waals surface area contributed by atoms with Crippen molar-refractivity contribution in [3.63, 3.8) is 0 Å². The molecule has 0 spiro atoms. The van der Waals surface area contributed by atoms with Crippen LogP contribution in [0.4, 0.5) is 11.4 Å². The van der Waals surface area contributed by atoms with E-state index in [2.05, 4.69) is 4.99 Å². The van der Waals surface area contributed by atoms with Crippen LogP contribution in [0.25, 0.3) is 10.8 Å². The van der Waals surface area contributed by atoms with E-state index in [1.807, 2.05) is 36.4 Å². The van der Waals surface area contributed by atoms with Crippen molar-refractivity contribution in [2.45, 2.75) is 0 Å². The quantitative estimate of drug-likeness (QED) is 0.804.